The van der Waals surface area contributed by atoms with Gasteiger partial charge in [0.05, 0.1) is 12.6 Å². The van der Waals surface area contributed by atoms with E-state index in [1.54, 1.807) is 11.8 Å². The fraction of sp³-hybridized carbons (Fsp3) is 0.400. The predicted octanol–water partition coefficient (Wildman–Crippen LogP) is 6.88. The van der Waals surface area contributed by atoms with Crippen molar-refractivity contribution in [3.05, 3.63) is 64.3 Å². The van der Waals surface area contributed by atoms with Gasteiger partial charge in [-0.25, -0.2) is 4.79 Å². The van der Waals surface area contributed by atoms with Crippen LogP contribution in [0.2, 0.25) is 0 Å². The van der Waals surface area contributed by atoms with Crippen LogP contribution in [0.1, 0.15) is 54.4 Å². The predicted molar refractivity (Wildman–Crippen MR) is 131 cm³/mol. The Morgan fingerprint density at radius 1 is 1.16 bits per heavy atom. The highest BCUT2D eigenvalue weighted by atomic mass is 32.2. The van der Waals surface area contributed by atoms with Gasteiger partial charge in [0.1, 0.15) is 5.00 Å². The maximum atomic E-state index is 13.7. The Morgan fingerprint density at radius 2 is 2.00 bits per heavy atom. The number of carbonyl (C=O) groups is 1. The van der Waals surface area contributed by atoms with E-state index in [4.69, 9.17) is 0 Å². The molecule has 4 nitrogen and oxygen atoms in total. The van der Waals surface area contributed by atoms with E-state index in [-0.39, 0.29) is 12.1 Å². The molecule has 2 amide bonds. The number of fused-ring (bicyclic) bond motifs is 5. The Labute approximate surface area is 192 Å². The minimum atomic E-state index is -0.0201. The molecule has 0 radical (unpaired) electrons. The minimum Gasteiger partial charge on any atom is -0.311 e. The number of thioether (sulfide) groups is 1. The fourth-order valence-electron chi connectivity index (χ4n) is 5.02. The Balaban J connectivity index is 1.57. The Kier molecular flexibility index (Phi) is 5.61. The highest BCUT2D eigenvalue weighted by Crippen LogP contribution is 2.44. The molecule has 1 aliphatic carbocycles. The maximum absolute atomic E-state index is 13.7. The van der Waals surface area contributed by atoms with E-state index in [1.165, 1.54) is 46.0 Å². The highest BCUT2D eigenvalue weighted by molar-refractivity contribution is 7.98. The first-order chi connectivity index (χ1) is 15.1. The number of nitrogens with zero attached hydrogens (tertiary/aromatic N) is 2. The lowest BCUT2D eigenvalue weighted by Gasteiger charge is -2.33. The van der Waals surface area contributed by atoms with Crippen LogP contribution in [0, 0.1) is 5.92 Å². The van der Waals surface area contributed by atoms with E-state index >= 15 is 0 Å². The number of benzene rings is 1. The summed E-state index contributed by atoms with van der Waals surface area (Å²) < 4.78 is 2.35. The van der Waals surface area contributed by atoms with Crippen LogP contribution in [0.5, 0.6) is 0 Å². The Hall–Kier alpha value is -2.18. The molecule has 0 bridgehead atoms. The second-order valence-corrected chi connectivity index (χ2v) is 10.7. The number of urea groups is 1. The molecule has 0 saturated heterocycles. The number of hydrogen-bond acceptors (Lipinski definition) is 3. The van der Waals surface area contributed by atoms with Crippen molar-refractivity contribution in [2.75, 3.05) is 11.6 Å². The van der Waals surface area contributed by atoms with Crippen molar-refractivity contribution in [3.8, 4) is 5.00 Å². The molecule has 31 heavy (non-hydrogen) atoms. The molecule has 3 heterocycles. The lowest BCUT2D eigenvalue weighted by Crippen LogP contribution is -2.39. The number of nitrogens with one attached hydrogen (secondary N) is 1. The summed E-state index contributed by atoms with van der Waals surface area (Å²) in [6.07, 6.45) is 9.06. The first-order valence-electron chi connectivity index (χ1n) is 11.1. The number of aromatic nitrogens is 1. The Morgan fingerprint density at radius 3 is 2.81 bits per heavy atom. The zero-order valence-electron chi connectivity index (χ0n) is 18.4. The summed E-state index contributed by atoms with van der Waals surface area (Å²) in [4.78, 5) is 18.4. The summed E-state index contributed by atoms with van der Waals surface area (Å²) in [5.74, 6) is 0.307. The molecule has 1 N–H and O–H groups in total. The van der Waals surface area contributed by atoms with Crippen molar-refractivity contribution >= 4 is 34.8 Å². The van der Waals surface area contributed by atoms with E-state index < -0.39 is 0 Å². The van der Waals surface area contributed by atoms with Crippen molar-refractivity contribution in [2.24, 2.45) is 5.92 Å². The summed E-state index contributed by atoms with van der Waals surface area (Å²) in [7, 11) is 0. The summed E-state index contributed by atoms with van der Waals surface area (Å²) in [6.45, 7) is 5.09. The van der Waals surface area contributed by atoms with Crippen molar-refractivity contribution < 1.29 is 4.79 Å². The van der Waals surface area contributed by atoms with Crippen molar-refractivity contribution in [2.45, 2.75) is 57.0 Å². The first-order valence-corrected chi connectivity index (χ1v) is 13.1. The smallest absolute Gasteiger partial charge is 0.311 e. The van der Waals surface area contributed by atoms with E-state index in [0.29, 0.717) is 12.5 Å². The summed E-state index contributed by atoms with van der Waals surface area (Å²) in [5, 5.41) is 4.51. The van der Waals surface area contributed by atoms with Crippen molar-refractivity contribution in [1.82, 2.24) is 9.47 Å². The molecule has 6 heteroatoms. The second kappa shape index (κ2) is 8.40. The van der Waals surface area contributed by atoms with E-state index in [1.807, 2.05) is 29.5 Å². The fourth-order valence-corrected chi connectivity index (χ4v) is 6.88. The number of aryl methyl sites for hydroxylation is 1. The van der Waals surface area contributed by atoms with Gasteiger partial charge in [0, 0.05) is 32.9 Å². The average Bonchev–Trinajstić information content (AvgIpc) is 3.35. The summed E-state index contributed by atoms with van der Waals surface area (Å²) >= 11 is 3.62. The third-order valence-corrected chi connectivity index (χ3v) is 8.50. The van der Waals surface area contributed by atoms with Crippen molar-refractivity contribution in [3.63, 3.8) is 0 Å². The van der Waals surface area contributed by atoms with Gasteiger partial charge in [-0.1, -0.05) is 19.9 Å². The van der Waals surface area contributed by atoms with E-state index in [0.717, 1.165) is 17.0 Å². The molecule has 162 valence electrons. The molecule has 1 atom stereocenters. The molecule has 0 spiro atoms. The molecular weight excluding hydrogens is 422 g/mol. The molecule has 1 aliphatic heterocycles. The van der Waals surface area contributed by atoms with Gasteiger partial charge in [-0.15, -0.1) is 23.1 Å². The zero-order valence-corrected chi connectivity index (χ0v) is 20.0. The van der Waals surface area contributed by atoms with E-state index in [9.17, 15) is 4.79 Å². The zero-order chi connectivity index (χ0) is 21.5. The topological polar surface area (TPSA) is 37.3 Å². The largest absolute Gasteiger partial charge is 0.322 e. The SMILES string of the molecule is CSc1cccc(NC(=O)N2Cc3c(sc4c3CCCC4)-n3cccc3[C@@H]2C(C)C)c1. The molecule has 2 aliphatic rings. The van der Waals surface area contributed by atoms with E-state index in [2.05, 4.69) is 59.3 Å². The van der Waals surface area contributed by atoms with Gasteiger partial charge in [0.15, 0.2) is 0 Å². The molecule has 2 aromatic heterocycles. The van der Waals surface area contributed by atoms with Gasteiger partial charge < -0.3 is 14.8 Å². The first kappa shape index (κ1) is 20.7. The lowest BCUT2D eigenvalue weighted by molar-refractivity contribution is 0.161. The second-order valence-electron chi connectivity index (χ2n) is 8.78. The van der Waals surface area contributed by atoms with Gasteiger partial charge in [0.25, 0.3) is 0 Å². The quantitative estimate of drug-likeness (QED) is 0.441. The number of amides is 2. The van der Waals surface area contributed by atoms with Crippen LogP contribution in [0.3, 0.4) is 0 Å². The van der Waals surface area contributed by atoms with Crippen LogP contribution in [0.15, 0.2) is 47.5 Å². The highest BCUT2D eigenvalue weighted by Gasteiger charge is 2.36. The molecular formula is C25H29N3OS2. The van der Waals surface area contributed by atoms with Gasteiger partial charge in [-0.2, -0.15) is 0 Å². The third kappa shape index (κ3) is 3.70. The van der Waals surface area contributed by atoms with Crippen LogP contribution in [0.4, 0.5) is 10.5 Å². The molecule has 1 aromatic carbocycles. The van der Waals surface area contributed by atoms with Gasteiger partial charge in [0.2, 0.25) is 0 Å². The number of carbonyl (C=O) groups excluding carboxylic acids is 1. The standard InChI is InChI=1S/C25H29N3OS2/c1-16(2)23-21-11-7-13-27(21)24-20(19-10-4-5-12-22(19)31-24)15-28(23)25(29)26-17-8-6-9-18(14-17)30-3/h6-9,11,13-14,16,23H,4-5,10,12,15H2,1-3H3,(H,26,29)/t23-/m0/s1. The van der Waals surface area contributed by atoms with Crippen LogP contribution in [-0.2, 0) is 19.4 Å². The van der Waals surface area contributed by atoms with Crippen LogP contribution in [0.25, 0.3) is 5.00 Å². The third-order valence-electron chi connectivity index (χ3n) is 6.44. The Bertz CT molecular complexity index is 1110. The molecule has 0 saturated carbocycles. The van der Waals surface area contributed by atoms with Gasteiger partial charge in [-0.3, -0.25) is 0 Å². The van der Waals surface area contributed by atoms with Crippen LogP contribution < -0.4 is 5.32 Å². The summed E-state index contributed by atoms with van der Waals surface area (Å²) in [5.41, 5.74) is 4.91. The van der Waals surface area contributed by atoms with Gasteiger partial charge in [-0.05, 0) is 73.8 Å². The number of rotatable bonds is 3. The summed E-state index contributed by atoms with van der Waals surface area (Å²) in [6, 6.07) is 12.4. The molecule has 5 rings (SSSR count). The monoisotopic (exact) mass is 451 g/mol. The molecule has 0 unspecified atom stereocenters. The maximum Gasteiger partial charge on any atom is 0.322 e. The van der Waals surface area contributed by atoms with Crippen molar-refractivity contribution in [1.29, 1.82) is 0 Å². The number of anilines is 1. The minimum absolute atomic E-state index is 0.0201. The number of thiophene rings is 1. The molecule has 3 aromatic rings. The lowest BCUT2D eigenvalue weighted by atomic mass is 9.94. The normalized spacial score (nSPS) is 17.7. The average molecular weight is 452 g/mol. The van der Waals surface area contributed by atoms with Crippen LogP contribution >= 0.6 is 23.1 Å². The number of hydrogen-bond donors (Lipinski definition) is 1. The molecule has 0 fully saturated rings. The van der Waals surface area contributed by atoms with Gasteiger partial charge >= 0.3 is 6.03 Å². The van der Waals surface area contributed by atoms with Crippen LogP contribution in [-0.4, -0.2) is 21.8 Å².